The zero-order valence-corrected chi connectivity index (χ0v) is 12.5. The molecule has 1 N–H and O–H groups in total. The van der Waals surface area contributed by atoms with Gasteiger partial charge >= 0.3 is 5.97 Å². The summed E-state index contributed by atoms with van der Waals surface area (Å²) in [4.78, 5) is 22.6. The Hall–Kier alpha value is -2.86. The third-order valence-electron chi connectivity index (χ3n) is 3.35. The van der Waals surface area contributed by atoms with E-state index < -0.39 is 10.9 Å². The fourth-order valence-corrected chi connectivity index (χ4v) is 2.53. The number of anilines is 1. The number of cyclic esters (lactones) is 1. The molecule has 7 heteroatoms. The molecule has 0 bridgehead atoms. The van der Waals surface area contributed by atoms with E-state index in [9.17, 15) is 14.9 Å². The van der Waals surface area contributed by atoms with E-state index in [4.69, 9.17) is 16.3 Å². The van der Waals surface area contributed by atoms with Crippen molar-refractivity contribution < 1.29 is 14.5 Å². The van der Waals surface area contributed by atoms with Gasteiger partial charge < -0.3 is 10.1 Å². The number of hydrogen-bond donors (Lipinski definition) is 1. The molecule has 0 saturated carbocycles. The average Bonchev–Trinajstić information content (AvgIpc) is 2.88. The van der Waals surface area contributed by atoms with Gasteiger partial charge in [0.1, 0.15) is 12.3 Å². The van der Waals surface area contributed by atoms with Gasteiger partial charge in [-0.25, -0.2) is 4.79 Å². The Bertz CT molecular complexity index is 832. The van der Waals surface area contributed by atoms with Crippen LogP contribution in [0.4, 0.5) is 11.4 Å². The number of nitrogens with zero attached hydrogens (tertiary/aromatic N) is 1. The molecule has 6 nitrogen and oxygen atoms in total. The van der Waals surface area contributed by atoms with Crippen LogP contribution in [0.3, 0.4) is 0 Å². The standard InChI is InChI=1S/C16H11ClN2O4/c17-11-5-3-4-10(8-11)15-13(9-23-16(15)20)18-12-6-1-2-7-14(12)19(21)22/h1-8,18H,9H2. The van der Waals surface area contributed by atoms with Crippen LogP contribution in [0.1, 0.15) is 5.56 Å². The lowest BCUT2D eigenvalue weighted by Gasteiger charge is -2.08. The Morgan fingerprint density at radius 3 is 2.70 bits per heavy atom. The van der Waals surface area contributed by atoms with Gasteiger partial charge in [0, 0.05) is 11.1 Å². The molecule has 1 aliphatic rings. The maximum absolute atomic E-state index is 12.0. The molecule has 0 radical (unpaired) electrons. The second-order valence-electron chi connectivity index (χ2n) is 4.84. The number of hydrogen-bond acceptors (Lipinski definition) is 5. The van der Waals surface area contributed by atoms with Gasteiger partial charge in [-0.2, -0.15) is 0 Å². The maximum atomic E-state index is 12.0. The number of esters is 1. The Morgan fingerprint density at radius 2 is 1.96 bits per heavy atom. The van der Waals surface area contributed by atoms with Gasteiger partial charge in [-0.1, -0.05) is 35.9 Å². The van der Waals surface area contributed by atoms with Crippen molar-refractivity contribution in [3.63, 3.8) is 0 Å². The number of rotatable bonds is 4. The molecular formula is C16H11ClN2O4. The molecular weight excluding hydrogens is 320 g/mol. The first kappa shape index (κ1) is 15.1. The van der Waals surface area contributed by atoms with Crippen LogP contribution in [-0.4, -0.2) is 17.5 Å². The summed E-state index contributed by atoms with van der Waals surface area (Å²) in [5.74, 6) is -0.492. The number of ether oxygens (including phenoxy) is 1. The molecule has 1 aliphatic heterocycles. The van der Waals surface area contributed by atoms with E-state index in [-0.39, 0.29) is 12.3 Å². The van der Waals surface area contributed by atoms with Crippen LogP contribution in [0.15, 0.2) is 54.2 Å². The van der Waals surface area contributed by atoms with Gasteiger partial charge in [0.15, 0.2) is 0 Å². The molecule has 0 unspecified atom stereocenters. The van der Waals surface area contributed by atoms with E-state index in [1.165, 1.54) is 6.07 Å². The number of carbonyl (C=O) groups is 1. The zero-order valence-electron chi connectivity index (χ0n) is 11.8. The van der Waals surface area contributed by atoms with Crippen molar-refractivity contribution in [2.24, 2.45) is 0 Å². The summed E-state index contributed by atoms with van der Waals surface area (Å²) in [5, 5.41) is 14.5. The van der Waals surface area contributed by atoms with Gasteiger partial charge in [-0.05, 0) is 23.8 Å². The SMILES string of the molecule is O=C1OCC(Nc2ccccc2[N+](=O)[O-])=C1c1cccc(Cl)c1. The first-order valence-corrected chi connectivity index (χ1v) is 7.10. The number of para-hydroxylation sites is 2. The van der Waals surface area contributed by atoms with E-state index in [0.29, 0.717) is 27.5 Å². The monoisotopic (exact) mass is 330 g/mol. The fourth-order valence-electron chi connectivity index (χ4n) is 2.34. The van der Waals surface area contributed by atoms with Crippen LogP contribution in [0.25, 0.3) is 5.57 Å². The van der Waals surface area contributed by atoms with E-state index >= 15 is 0 Å². The summed E-state index contributed by atoms with van der Waals surface area (Å²) >= 11 is 5.96. The van der Waals surface area contributed by atoms with Gasteiger partial charge in [0.2, 0.25) is 0 Å². The second-order valence-corrected chi connectivity index (χ2v) is 5.28. The van der Waals surface area contributed by atoms with Crippen molar-refractivity contribution >= 4 is 34.5 Å². The molecule has 3 rings (SSSR count). The molecule has 0 atom stereocenters. The minimum atomic E-state index is -0.492. The van der Waals surface area contributed by atoms with E-state index in [2.05, 4.69) is 5.32 Å². The van der Waals surface area contributed by atoms with Crippen molar-refractivity contribution in [2.45, 2.75) is 0 Å². The molecule has 23 heavy (non-hydrogen) atoms. The van der Waals surface area contributed by atoms with E-state index in [0.717, 1.165) is 0 Å². The fraction of sp³-hybridized carbons (Fsp3) is 0.0625. The van der Waals surface area contributed by atoms with Gasteiger partial charge in [-0.15, -0.1) is 0 Å². The summed E-state index contributed by atoms with van der Waals surface area (Å²) in [7, 11) is 0. The number of nitro benzene ring substituents is 1. The third kappa shape index (κ3) is 3.02. The number of benzene rings is 2. The predicted octanol–water partition coefficient (Wildman–Crippen LogP) is 3.63. The van der Waals surface area contributed by atoms with Crippen molar-refractivity contribution in [3.05, 3.63) is 74.9 Å². The molecule has 0 amide bonds. The van der Waals surface area contributed by atoms with Crippen LogP contribution >= 0.6 is 11.6 Å². The first-order chi connectivity index (χ1) is 11.1. The lowest BCUT2D eigenvalue weighted by molar-refractivity contribution is -0.383. The van der Waals surface area contributed by atoms with Gasteiger partial charge in [0.25, 0.3) is 5.69 Å². The minimum absolute atomic E-state index is 0.0206. The minimum Gasteiger partial charge on any atom is -0.456 e. The molecule has 2 aromatic carbocycles. The molecule has 116 valence electrons. The highest BCUT2D eigenvalue weighted by Gasteiger charge is 2.28. The van der Waals surface area contributed by atoms with Crippen LogP contribution in [0.2, 0.25) is 5.02 Å². The summed E-state index contributed by atoms with van der Waals surface area (Å²) in [6.07, 6.45) is 0. The maximum Gasteiger partial charge on any atom is 0.341 e. The largest absolute Gasteiger partial charge is 0.456 e. The predicted molar refractivity (Wildman–Crippen MR) is 86.1 cm³/mol. The Labute approximate surface area is 136 Å². The van der Waals surface area contributed by atoms with Crippen molar-refractivity contribution in [2.75, 3.05) is 11.9 Å². The summed E-state index contributed by atoms with van der Waals surface area (Å²) in [6.45, 7) is 0.0206. The normalized spacial score (nSPS) is 13.9. The number of nitro groups is 1. The Morgan fingerprint density at radius 1 is 1.17 bits per heavy atom. The van der Waals surface area contributed by atoms with Gasteiger partial charge in [0.05, 0.1) is 16.2 Å². The molecule has 0 aliphatic carbocycles. The number of carbonyl (C=O) groups excluding carboxylic acids is 1. The third-order valence-corrected chi connectivity index (χ3v) is 3.59. The molecule has 1 heterocycles. The first-order valence-electron chi connectivity index (χ1n) is 6.73. The van der Waals surface area contributed by atoms with Crippen molar-refractivity contribution in [1.82, 2.24) is 0 Å². The summed E-state index contributed by atoms with van der Waals surface area (Å²) in [5.41, 5.74) is 1.61. The highest BCUT2D eigenvalue weighted by atomic mass is 35.5. The van der Waals surface area contributed by atoms with Crippen LogP contribution in [0.5, 0.6) is 0 Å². The highest BCUT2D eigenvalue weighted by Crippen LogP contribution is 2.31. The molecule has 0 fully saturated rings. The van der Waals surface area contributed by atoms with E-state index in [1.54, 1.807) is 42.5 Å². The topological polar surface area (TPSA) is 81.5 Å². The van der Waals surface area contributed by atoms with E-state index in [1.807, 2.05) is 0 Å². The lowest BCUT2D eigenvalue weighted by atomic mass is 10.1. The quantitative estimate of drug-likeness (QED) is 0.526. The van der Waals surface area contributed by atoms with Crippen LogP contribution in [-0.2, 0) is 9.53 Å². The number of halogens is 1. The number of nitrogens with one attached hydrogen (secondary N) is 1. The van der Waals surface area contributed by atoms with Gasteiger partial charge in [-0.3, -0.25) is 10.1 Å². The van der Waals surface area contributed by atoms with Crippen molar-refractivity contribution in [1.29, 1.82) is 0 Å². The Kier molecular flexibility index (Phi) is 3.99. The summed E-state index contributed by atoms with van der Waals surface area (Å²) < 4.78 is 5.06. The zero-order chi connectivity index (χ0) is 16.4. The van der Waals surface area contributed by atoms with Crippen LogP contribution in [0, 0.1) is 10.1 Å². The molecule has 2 aromatic rings. The Balaban J connectivity index is 2.04. The smallest absolute Gasteiger partial charge is 0.341 e. The van der Waals surface area contributed by atoms with Crippen molar-refractivity contribution in [3.8, 4) is 0 Å². The highest BCUT2D eigenvalue weighted by molar-refractivity contribution is 6.31. The molecule has 0 saturated heterocycles. The molecule has 0 aromatic heterocycles. The average molecular weight is 331 g/mol. The summed E-state index contributed by atoms with van der Waals surface area (Å²) in [6, 6.07) is 13.0. The lowest BCUT2D eigenvalue weighted by Crippen LogP contribution is -2.05. The molecule has 0 spiro atoms. The van der Waals surface area contributed by atoms with Crippen LogP contribution < -0.4 is 5.32 Å². The second kappa shape index (κ2) is 6.10.